The summed E-state index contributed by atoms with van der Waals surface area (Å²) in [5.74, 6) is 1.13. The zero-order valence-corrected chi connectivity index (χ0v) is 17.7. The van der Waals surface area contributed by atoms with Crippen LogP contribution in [0.1, 0.15) is 67.9 Å². The molecular weight excluding hydrogens is 396 g/mol. The van der Waals surface area contributed by atoms with E-state index < -0.39 is 5.97 Å². The minimum atomic E-state index is -0.742. The van der Waals surface area contributed by atoms with E-state index >= 15 is 0 Å². The van der Waals surface area contributed by atoms with Gasteiger partial charge in [0.25, 0.3) is 0 Å². The second-order valence-electron chi connectivity index (χ2n) is 8.83. The first kappa shape index (κ1) is 19.8. The number of aromatic nitrogens is 3. The van der Waals surface area contributed by atoms with E-state index in [0.29, 0.717) is 6.42 Å². The molecule has 3 atom stereocenters. The van der Waals surface area contributed by atoms with Gasteiger partial charge in [0.1, 0.15) is 11.6 Å². The number of hydrogen-bond donors (Lipinski definition) is 2. The van der Waals surface area contributed by atoms with Crippen molar-refractivity contribution in [2.75, 3.05) is 0 Å². The fraction of sp³-hybridized carbons (Fsp3) is 0.478. The monoisotopic (exact) mass is 422 g/mol. The molecule has 162 valence electrons. The van der Waals surface area contributed by atoms with Gasteiger partial charge in [0.15, 0.2) is 0 Å². The van der Waals surface area contributed by atoms with E-state index in [0.717, 1.165) is 65.1 Å². The van der Waals surface area contributed by atoms with E-state index in [-0.39, 0.29) is 30.3 Å². The maximum absolute atomic E-state index is 11.9. The maximum atomic E-state index is 11.9. The minimum Gasteiger partial charge on any atom is -0.481 e. The summed E-state index contributed by atoms with van der Waals surface area (Å²) in [5.41, 5.74) is 4.72. The molecule has 3 aromatic rings. The van der Waals surface area contributed by atoms with Crippen LogP contribution in [-0.4, -0.2) is 31.7 Å². The van der Waals surface area contributed by atoms with Gasteiger partial charge in [-0.3, -0.25) is 9.59 Å². The molecule has 2 unspecified atom stereocenters. The number of carboxylic acids is 1. The number of fused-ring (bicyclic) bond motifs is 1. The summed E-state index contributed by atoms with van der Waals surface area (Å²) in [7, 11) is 0. The molecule has 2 aliphatic rings. The second-order valence-corrected chi connectivity index (χ2v) is 8.83. The summed E-state index contributed by atoms with van der Waals surface area (Å²) in [6.07, 6.45) is 4.06. The number of carbonyl (C=O) groups excluding carboxylic acids is 1. The molecule has 1 aliphatic carbocycles. The number of benzene rings is 1. The van der Waals surface area contributed by atoms with E-state index in [1.165, 1.54) is 0 Å². The van der Waals surface area contributed by atoms with Crippen LogP contribution in [0.5, 0.6) is 0 Å². The molecule has 8 heteroatoms. The normalized spacial score (nSPS) is 23.5. The van der Waals surface area contributed by atoms with Crippen LogP contribution in [0.15, 0.2) is 22.7 Å². The zero-order valence-electron chi connectivity index (χ0n) is 17.7. The zero-order chi connectivity index (χ0) is 21.7. The van der Waals surface area contributed by atoms with Gasteiger partial charge in [0.05, 0.1) is 22.8 Å². The predicted octanol–water partition coefficient (Wildman–Crippen LogP) is 4.08. The van der Waals surface area contributed by atoms with Crippen LogP contribution in [-0.2, 0) is 9.59 Å². The van der Waals surface area contributed by atoms with E-state index in [2.05, 4.69) is 33.2 Å². The number of rotatable bonds is 5. The lowest BCUT2D eigenvalue weighted by atomic mass is 10.0. The number of aryl methyl sites for hydroxylation is 2. The van der Waals surface area contributed by atoms with E-state index in [4.69, 9.17) is 9.51 Å². The second kappa shape index (κ2) is 7.51. The molecule has 2 aromatic heterocycles. The van der Waals surface area contributed by atoms with E-state index in [9.17, 15) is 14.7 Å². The molecule has 2 N–H and O–H groups in total. The molecule has 1 saturated carbocycles. The van der Waals surface area contributed by atoms with Gasteiger partial charge in [-0.2, -0.15) is 0 Å². The van der Waals surface area contributed by atoms with Crippen LogP contribution in [0.3, 0.4) is 0 Å². The quantitative estimate of drug-likeness (QED) is 0.641. The first-order valence-corrected chi connectivity index (χ1v) is 10.9. The van der Waals surface area contributed by atoms with Crippen molar-refractivity contribution in [3.63, 3.8) is 0 Å². The highest BCUT2D eigenvalue weighted by atomic mass is 16.5. The molecular formula is C23H26N4O4. The third-order valence-electron chi connectivity index (χ3n) is 6.69. The number of nitrogens with zero attached hydrogens (tertiary/aromatic N) is 3. The van der Waals surface area contributed by atoms with Crippen LogP contribution in [0, 0.1) is 19.8 Å². The molecule has 1 saturated heterocycles. The fourth-order valence-corrected chi connectivity index (χ4v) is 5.32. The molecule has 31 heavy (non-hydrogen) atoms. The SMILES string of the molecule is Cc1noc(C)c1-c1ccc2c(c1)nc(C1CCC(=O)N1)n2[C@@H]1CCC(CC(=O)O)C1. The topological polar surface area (TPSA) is 110 Å². The fourth-order valence-electron chi connectivity index (χ4n) is 5.32. The van der Waals surface area contributed by atoms with E-state index in [1.807, 2.05) is 13.8 Å². The Labute approximate surface area is 179 Å². The number of carbonyl (C=O) groups is 2. The molecule has 1 aromatic carbocycles. The van der Waals surface area contributed by atoms with Crippen molar-refractivity contribution >= 4 is 22.9 Å². The summed E-state index contributed by atoms with van der Waals surface area (Å²) < 4.78 is 7.59. The first-order valence-electron chi connectivity index (χ1n) is 10.9. The summed E-state index contributed by atoms with van der Waals surface area (Å²) in [4.78, 5) is 28.1. The van der Waals surface area contributed by atoms with Gasteiger partial charge in [0, 0.05) is 24.4 Å². The Balaban J connectivity index is 1.58. The number of carboxylic acid groups (broad SMARTS) is 1. The molecule has 1 aliphatic heterocycles. The third-order valence-corrected chi connectivity index (χ3v) is 6.69. The summed E-state index contributed by atoms with van der Waals surface area (Å²) in [6.45, 7) is 3.83. The molecule has 3 heterocycles. The number of hydrogen-bond acceptors (Lipinski definition) is 5. The largest absolute Gasteiger partial charge is 0.481 e. The molecule has 2 fully saturated rings. The minimum absolute atomic E-state index is 0.0511. The van der Waals surface area contributed by atoms with Crippen molar-refractivity contribution in [2.45, 2.75) is 64.5 Å². The smallest absolute Gasteiger partial charge is 0.303 e. The van der Waals surface area contributed by atoms with Crippen LogP contribution in [0.4, 0.5) is 0 Å². The van der Waals surface area contributed by atoms with Crippen molar-refractivity contribution in [1.82, 2.24) is 20.0 Å². The maximum Gasteiger partial charge on any atom is 0.303 e. The number of amides is 1. The Morgan fingerprint density at radius 1 is 1.29 bits per heavy atom. The third kappa shape index (κ3) is 3.49. The van der Waals surface area contributed by atoms with Crippen molar-refractivity contribution in [3.05, 3.63) is 35.5 Å². The van der Waals surface area contributed by atoms with Gasteiger partial charge in [-0.1, -0.05) is 11.2 Å². The Morgan fingerprint density at radius 2 is 2.13 bits per heavy atom. The van der Waals surface area contributed by atoms with Crippen LogP contribution in [0.2, 0.25) is 0 Å². The first-order chi connectivity index (χ1) is 14.9. The molecule has 0 bridgehead atoms. The number of nitrogens with one attached hydrogen (secondary N) is 1. The van der Waals surface area contributed by atoms with Crippen molar-refractivity contribution < 1.29 is 19.2 Å². The van der Waals surface area contributed by atoms with Crippen LogP contribution in [0.25, 0.3) is 22.2 Å². The molecule has 0 spiro atoms. The van der Waals surface area contributed by atoms with Gasteiger partial charge >= 0.3 is 5.97 Å². The lowest BCUT2D eigenvalue weighted by Crippen LogP contribution is -2.23. The van der Waals surface area contributed by atoms with Gasteiger partial charge in [-0.05, 0) is 63.1 Å². The highest BCUT2D eigenvalue weighted by Gasteiger charge is 2.34. The van der Waals surface area contributed by atoms with Gasteiger partial charge < -0.3 is 19.5 Å². The molecule has 1 amide bonds. The lowest BCUT2D eigenvalue weighted by Gasteiger charge is -2.20. The molecule has 8 nitrogen and oxygen atoms in total. The van der Waals surface area contributed by atoms with Gasteiger partial charge in [-0.25, -0.2) is 4.98 Å². The standard InChI is InChI=1S/C23H26N4O4/c1-12-22(13(2)31-26-12)15-4-7-19-18(11-15)25-23(17-6-8-20(28)24-17)27(19)16-5-3-14(9-16)10-21(29)30/h4,7,11,14,16-17H,3,5-6,8-10H2,1-2H3,(H,24,28)(H,29,30)/t14?,16-,17?/m1/s1. The molecule has 0 radical (unpaired) electrons. The lowest BCUT2D eigenvalue weighted by molar-refractivity contribution is -0.138. The Morgan fingerprint density at radius 3 is 2.81 bits per heavy atom. The van der Waals surface area contributed by atoms with Gasteiger partial charge in [-0.15, -0.1) is 0 Å². The summed E-state index contributed by atoms with van der Waals surface area (Å²) in [5, 5.41) is 16.3. The summed E-state index contributed by atoms with van der Waals surface area (Å²) in [6, 6.07) is 6.28. The average Bonchev–Trinajstić information content (AvgIpc) is 3.48. The predicted molar refractivity (Wildman–Crippen MR) is 113 cm³/mol. The average molecular weight is 422 g/mol. The van der Waals surface area contributed by atoms with Crippen molar-refractivity contribution in [3.8, 4) is 11.1 Å². The highest BCUT2D eigenvalue weighted by molar-refractivity contribution is 5.84. The molecule has 5 rings (SSSR count). The van der Waals surface area contributed by atoms with Crippen LogP contribution >= 0.6 is 0 Å². The Bertz CT molecular complexity index is 1160. The van der Waals surface area contributed by atoms with Crippen molar-refractivity contribution in [1.29, 1.82) is 0 Å². The number of imidazole rings is 1. The van der Waals surface area contributed by atoms with Gasteiger partial charge in [0.2, 0.25) is 5.91 Å². The summed E-state index contributed by atoms with van der Waals surface area (Å²) >= 11 is 0. The van der Waals surface area contributed by atoms with E-state index in [1.54, 1.807) is 0 Å². The Kier molecular flexibility index (Phi) is 4.79. The van der Waals surface area contributed by atoms with Crippen LogP contribution < -0.4 is 5.32 Å². The number of aliphatic carboxylic acids is 1. The highest BCUT2D eigenvalue weighted by Crippen LogP contribution is 2.41. The Hall–Kier alpha value is -3.16. The van der Waals surface area contributed by atoms with Crippen molar-refractivity contribution in [2.24, 2.45) is 5.92 Å².